The van der Waals surface area contributed by atoms with Crippen molar-refractivity contribution in [2.45, 2.75) is 6.42 Å². The molecule has 1 aliphatic rings. The van der Waals surface area contributed by atoms with Crippen LogP contribution in [0.5, 0.6) is 0 Å². The van der Waals surface area contributed by atoms with Gasteiger partial charge in [0.2, 0.25) is 0 Å². The van der Waals surface area contributed by atoms with Gasteiger partial charge >= 0.3 is 0 Å². The summed E-state index contributed by atoms with van der Waals surface area (Å²) < 4.78 is 0. The van der Waals surface area contributed by atoms with E-state index in [0.29, 0.717) is 23.1 Å². The number of amides is 1. The number of carbonyl (C=O) groups is 1. The summed E-state index contributed by atoms with van der Waals surface area (Å²) in [6.45, 7) is 4.92. The second kappa shape index (κ2) is 3.42. The summed E-state index contributed by atoms with van der Waals surface area (Å²) in [6.07, 6.45) is 2.52. The van der Waals surface area contributed by atoms with Crippen molar-refractivity contribution in [2.75, 3.05) is 18.8 Å². The average Bonchev–Trinajstić information content (AvgIpc) is 2.52. The quantitative estimate of drug-likeness (QED) is 0.736. The molecule has 0 fully saturated rings. The molecule has 0 atom stereocenters. The van der Waals surface area contributed by atoms with Gasteiger partial charge in [-0.25, -0.2) is 4.98 Å². The summed E-state index contributed by atoms with van der Waals surface area (Å²) in [5.74, 6) is 0.0281. The molecule has 2 rings (SSSR count). The van der Waals surface area contributed by atoms with Crippen LogP contribution in [0.1, 0.15) is 15.4 Å². The van der Waals surface area contributed by atoms with Crippen molar-refractivity contribution in [1.82, 2.24) is 9.88 Å². The first-order valence-corrected chi connectivity index (χ1v) is 5.19. The van der Waals surface area contributed by atoms with Crippen molar-refractivity contribution in [2.24, 2.45) is 0 Å². The molecule has 0 spiro atoms. The van der Waals surface area contributed by atoms with E-state index in [4.69, 9.17) is 5.73 Å². The number of nitrogens with two attached hydrogens (primary N) is 1. The maximum atomic E-state index is 11.8. The maximum Gasteiger partial charge on any atom is 0.266 e. The zero-order valence-corrected chi connectivity index (χ0v) is 8.51. The van der Waals surface area contributed by atoms with Crippen LogP contribution in [0.3, 0.4) is 0 Å². The van der Waals surface area contributed by atoms with E-state index in [1.54, 1.807) is 11.0 Å². The Bertz CT molecular complexity index is 385. The van der Waals surface area contributed by atoms with Crippen LogP contribution >= 0.6 is 11.3 Å². The lowest BCUT2D eigenvalue weighted by Crippen LogP contribution is -2.36. The van der Waals surface area contributed by atoms with E-state index in [0.717, 1.165) is 12.1 Å². The highest BCUT2D eigenvalue weighted by Crippen LogP contribution is 2.26. The summed E-state index contributed by atoms with van der Waals surface area (Å²) in [6, 6.07) is 0. The molecule has 4 nitrogen and oxygen atoms in total. The summed E-state index contributed by atoms with van der Waals surface area (Å²) in [7, 11) is 0. The number of carbonyl (C=O) groups excluding carboxylic acids is 1. The van der Waals surface area contributed by atoms with Crippen LogP contribution < -0.4 is 5.73 Å². The number of fused-ring (bicyclic) bond motifs is 1. The van der Waals surface area contributed by atoms with Gasteiger partial charge in [-0.05, 0) is 0 Å². The minimum absolute atomic E-state index is 0.0281. The number of anilines is 1. The molecule has 14 heavy (non-hydrogen) atoms. The van der Waals surface area contributed by atoms with Gasteiger partial charge in [-0.15, -0.1) is 6.58 Å². The summed E-state index contributed by atoms with van der Waals surface area (Å²) in [4.78, 5) is 18.4. The van der Waals surface area contributed by atoms with E-state index in [9.17, 15) is 4.79 Å². The smallest absolute Gasteiger partial charge is 0.266 e. The molecule has 5 heteroatoms. The molecule has 0 saturated heterocycles. The number of hydrogen-bond donors (Lipinski definition) is 1. The monoisotopic (exact) mass is 209 g/mol. The van der Waals surface area contributed by atoms with E-state index < -0.39 is 0 Å². The minimum Gasteiger partial charge on any atom is -0.375 e. The molecule has 74 valence electrons. The van der Waals surface area contributed by atoms with Crippen LogP contribution in [0, 0.1) is 0 Å². The summed E-state index contributed by atoms with van der Waals surface area (Å²) in [5.41, 5.74) is 6.40. The lowest BCUT2D eigenvalue weighted by Gasteiger charge is -2.24. The molecule has 0 unspecified atom stereocenters. The fourth-order valence-corrected chi connectivity index (χ4v) is 2.37. The number of hydrogen-bond acceptors (Lipinski definition) is 4. The first-order chi connectivity index (χ1) is 6.72. The normalized spacial score (nSPS) is 15.4. The second-order valence-corrected chi connectivity index (χ2v) is 4.15. The number of rotatable bonds is 2. The van der Waals surface area contributed by atoms with E-state index >= 15 is 0 Å². The number of nitrogen functional groups attached to an aromatic ring is 1. The first kappa shape index (κ1) is 9.21. The van der Waals surface area contributed by atoms with Crippen LogP contribution in [0.15, 0.2) is 12.7 Å². The average molecular weight is 209 g/mol. The largest absolute Gasteiger partial charge is 0.375 e. The molecule has 1 aliphatic heterocycles. The van der Waals surface area contributed by atoms with Gasteiger partial charge in [0.25, 0.3) is 5.91 Å². The number of thiazole rings is 1. The van der Waals surface area contributed by atoms with Crippen molar-refractivity contribution >= 4 is 22.4 Å². The Labute approximate surface area is 86.0 Å². The van der Waals surface area contributed by atoms with Crippen molar-refractivity contribution in [1.29, 1.82) is 0 Å². The Morgan fingerprint density at radius 2 is 2.50 bits per heavy atom. The molecule has 0 aromatic carbocycles. The lowest BCUT2D eigenvalue weighted by atomic mass is 10.1. The zero-order valence-electron chi connectivity index (χ0n) is 7.69. The molecule has 1 amide bonds. The van der Waals surface area contributed by atoms with Gasteiger partial charge in [0, 0.05) is 19.5 Å². The highest BCUT2D eigenvalue weighted by atomic mass is 32.1. The van der Waals surface area contributed by atoms with Crippen LogP contribution in [0.4, 0.5) is 5.13 Å². The second-order valence-electron chi connectivity index (χ2n) is 3.12. The molecule has 0 bridgehead atoms. The Hall–Kier alpha value is -1.36. The summed E-state index contributed by atoms with van der Waals surface area (Å²) in [5, 5.41) is 0.476. The zero-order chi connectivity index (χ0) is 10.1. The Balaban J connectivity index is 2.31. The first-order valence-electron chi connectivity index (χ1n) is 4.37. The fourth-order valence-electron chi connectivity index (χ4n) is 1.52. The van der Waals surface area contributed by atoms with Gasteiger partial charge in [0.15, 0.2) is 5.13 Å². The third-order valence-corrected chi connectivity index (χ3v) is 3.08. The summed E-state index contributed by atoms with van der Waals surface area (Å²) >= 11 is 1.27. The van der Waals surface area contributed by atoms with Gasteiger partial charge in [-0.1, -0.05) is 17.4 Å². The highest BCUT2D eigenvalue weighted by molar-refractivity contribution is 7.17. The van der Waals surface area contributed by atoms with Crippen LogP contribution in [-0.2, 0) is 6.42 Å². The van der Waals surface area contributed by atoms with Gasteiger partial charge in [0.1, 0.15) is 4.88 Å². The molecule has 0 aliphatic carbocycles. The van der Waals surface area contributed by atoms with Crippen molar-refractivity contribution in [3.8, 4) is 0 Å². The number of nitrogens with zero attached hydrogens (tertiary/aromatic N) is 2. The van der Waals surface area contributed by atoms with Crippen molar-refractivity contribution < 1.29 is 4.79 Å². The Morgan fingerprint density at radius 3 is 3.21 bits per heavy atom. The SMILES string of the molecule is C=CCN1CCc2nc(N)sc2C1=O. The van der Waals surface area contributed by atoms with Gasteiger partial charge in [-0.3, -0.25) is 4.79 Å². The molecule has 1 aromatic rings. The fraction of sp³-hybridized carbons (Fsp3) is 0.333. The van der Waals surface area contributed by atoms with E-state index in [1.807, 2.05) is 0 Å². The van der Waals surface area contributed by atoms with Crippen molar-refractivity contribution in [3.63, 3.8) is 0 Å². The van der Waals surface area contributed by atoms with E-state index in [1.165, 1.54) is 11.3 Å². The lowest BCUT2D eigenvalue weighted by molar-refractivity contribution is 0.0763. The molecular weight excluding hydrogens is 198 g/mol. The van der Waals surface area contributed by atoms with Crippen LogP contribution in [0.25, 0.3) is 0 Å². The van der Waals surface area contributed by atoms with Gasteiger partial charge in [0.05, 0.1) is 5.69 Å². The number of aromatic nitrogens is 1. The standard InChI is InChI=1S/C9H11N3OS/c1-2-4-12-5-3-6-7(8(12)13)14-9(10)11-6/h2H,1,3-5H2,(H2,10,11). The van der Waals surface area contributed by atoms with E-state index in [2.05, 4.69) is 11.6 Å². The molecular formula is C9H11N3OS. The third-order valence-electron chi connectivity index (χ3n) is 2.16. The minimum atomic E-state index is 0.0281. The molecule has 0 saturated carbocycles. The Kier molecular flexibility index (Phi) is 2.25. The van der Waals surface area contributed by atoms with Gasteiger partial charge in [-0.2, -0.15) is 0 Å². The molecule has 0 radical (unpaired) electrons. The maximum absolute atomic E-state index is 11.8. The van der Waals surface area contributed by atoms with Crippen molar-refractivity contribution in [3.05, 3.63) is 23.2 Å². The van der Waals surface area contributed by atoms with Gasteiger partial charge < -0.3 is 10.6 Å². The predicted molar refractivity (Wildman–Crippen MR) is 56.3 cm³/mol. The van der Waals surface area contributed by atoms with Crippen LogP contribution in [0.2, 0.25) is 0 Å². The molecule has 2 N–H and O–H groups in total. The van der Waals surface area contributed by atoms with Crippen LogP contribution in [-0.4, -0.2) is 28.9 Å². The molecule has 2 heterocycles. The Morgan fingerprint density at radius 1 is 1.71 bits per heavy atom. The third kappa shape index (κ3) is 1.39. The molecule has 1 aromatic heterocycles. The van der Waals surface area contributed by atoms with E-state index in [-0.39, 0.29) is 5.91 Å². The highest BCUT2D eigenvalue weighted by Gasteiger charge is 2.26. The predicted octanol–water partition coefficient (Wildman–Crippen LogP) is 0.910. The topological polar surface area (TPSA) is 59.2 Å².